The van der Waals surface area contributed by atoms with E-state index in [0.717, 1.165) is 19.5 Å². The number of nitrogens with one attached hydrogen (secondary N) is 1. The molecule has 0 radical (unpaired) electrons. The Morgan fingerprint density at radius 1 is 1.08 bits per heavy atom. The van der Waals surface area contributed by atoms with Crippen LogP contribution in [0.25, 0.3) is 5.57 Å². The standard InChI is InChI=1S/C21H24N2O3/c1-25-19-9-8-18(14-20(19)26-2)22-21(24)15-23-12-10-17(11-13-23)16-6-4-3-5-7-16/h3-10,14H,11-13,15H2,1-2H3,(H,22,24). The number of methoxy groups -OCH3 is 2. The highest BCUT2D eigenvalue weighted by molar-refractivity contribution is 5.92. The van der Waals surface area contributed by atoms with Crippen LogP contribution in [0, 0.1) is 0 Å². The zero-order valence-corrected chi connectivity index (χ0v) is 15.2. The zero-order chi connectivity index (χ0) is 18.4. The number of hydrogen-bond donors (Lipinski definition) is 1. The minimum Gasteiger partial charge on any atom is -0.493 e. The summed E-state index contributed by atoms with van der Waals surface area (Å²) in [7, 11) is 3.16. The van der Waals surface area contributed by atoms with Gasteiger partial charge in [0.15, 0.2) is 11.5 Å². The maximum atomic E-state index is 12.3. The van der Waals surface area contributed by atoms with Crippen molar-refractivity contribution in [1.29, 1.82) is 0 Å². The van der Waals surface area contributed by atoms with Crippen LogP contribution in [-0.4, -0.2) is 44.7 Å². The van der Waals surface area contributed by atoms with Gasteiger partial charge in [-0.15, -0.1) is 0 Å². The fraction of sp³-hybridized carbons (Fsp3) is 0.286. The molecule has 1 amide bonds. The first-order chi connectivity index (χ1) is 12.7. The van der Waals surface area contributed by atoms with Gasteiger partial charge in [0, 0.05) is 24.8 Å². The third-order valence-corrected chi connectivity index (χ3v) is 4.47. The van der Waals surface area contributed by atoms with Crippen molar-refractivity contribution < 1.29 is 14.3 Å². The van der Waals surface area contributed by atoms with Crippen molar-refractivity contribution in [3.8, 4) is 11.5 Å². The van der Waals surface area contributed by atoms with Crippen LogP contribution in [0.15, 0.2) is 54.6 Å². The average Bonchev–Trinajstić information content (AvgIpc) is 2.69. The molecule has 5 heteroatoms. The largest absolute Gasteiger partial charge is 0.493 e. The lowest BCUT2D eigenvalue weighted by atomic mass is 10.00. The van der Waals surface area contributed by atoms with E-state index in [-0.39, 0.29) is 5.91 Å². The van der Waals surface area contributed by atoms with Crippen LogP contribution in [0.1, 0.15) is 12.0 Å². The summed E-state index contributed by atoms with van der Waals surface area (Å²) in [6.45, 7) is 2.02. The minimum atomic E-state index is -0.0335. The molecule has 1 heterocycles. The summed E-state index contributed by atoms with van der Waals surface area (Å²) in [4.78, 5) is 14.5. The maximum absolute atomic E-state index is 12.3. The van der Waals surface area contributed by atoms with Gasteiger partial charge in [0.25, 0.3) is 0 Å². The summed E-state index contributed by atoms with van der Waals surface area (Å²) in [5.41, 5.74) is 3.31. The van der Waals surface area contributed by atoms with Gasteiger partial charge in [0.1, 0.15) is 0 Å². The van der Waals surface area contributed by atoms with Crippen molar-refractivity contribution in [3.05, 3.63) is 60.2 Å². The maximum Gasteiger partial charge on any atom is 0.238 e. The highest BCUT2D eigenvalue weighted by Crippen LogP contribution is 2.29. The van der Waals surface area contributed by atoms with E-state index in [1.54, 1.807) is 26.4 Å². The number of anilines is 1. The third-order valence-electron chi connectivity index (χ3n) is 4.47. The topological polar surface area (TPSA) is 50.8 Å². The lowest BCUT2D eigenvalue weighted by Gasteiger charge is -2.26. The van der Waals surface area contributed by atoms with Crippen molar-refractivity contribution in [2.75, 3.05) is 39.2 Å². The van der Waals surface area contributed by atoms with Crippen molar-refractivity contribution in [2.24, 2.45) is 0 Å². The number of carbonyl (C=O) groups excluding carboxylic acids is 1. The summed E-state index contributed by atoms with van der Waals surface area (Å²) in [6, 6.07) is 15.7. The van der Waals surface area contributed by atoms with Crippen molar-refractivity contribution in [2.45, 2.75) is 6.42 Å². The van der Waals surface area contributed by atoms with Gasteiger partial charge in [-0.1, -0.05) is 36.4 Å². The molecule has 1 aliphatic heterocycles. The van der Waals surface area contributed by atoms with Crippen LogP contribution in [0.4, 0.5) is 5.69 Å². The molecule has 1 N–H and O–H groups in total. The fourth-order valence-electron chi connectivity index (χ4n) is 3.09. The van der Waals surface area contributed by atoms with E-state index in [0.29, 0.717) is 23.7 Å². The molecule has 0 fully saturated rings. The number of nitrogens with zero attached hydrogens (tertiary/aromatic N) is 1. The third kappa shape index (κ3) is 4.43. The number of amides is 1. The molecule has 0 aliphatic carbocycles. The van der Waals surface area contributed by atoms with Gasteiger partial charge in [-0.05, 0) is 29.7 Å². The molecule has 0 unspecified atom stereocenters. The quantitative estimate of drug-likeness (QED) is 0.865. The molecule has 0 saturated heterocycles. The van der Waals surface area contributed by atoms with Crippen LogP contribution < -0.4 is 14.8 Å². The Hall–Kier alpha value is -2.79. The Kier molecular flexibility index (Phi) is 5.92. The van der Waals surface area contributed by atoms with Gasteiger partial charge in [-0.3, -0.25) is 9.69 Å². The van der Waals surface area contributed by atoms with Gasteiger partial charge in [-0.2, -0.15) is 0 Å². The molecule has 2 aromatic carbocycles. The summed E-state index contributed by atoms with van der Waals surface area (Å²) in [6.07, 6.45) is 3.16. The van der Waals surface area contributed by atoms with E-state index in [1.165, 1.54) is 11.1 Å². The first-order valence-corrected chi connectivity index (χ1v) is 8.68. The Bertz CT molecular complexity index is 787. The summed E-state index contributed by atoms with van der Waals surface area (Å²) in [5.74, 6) is 1.20. The summed E-state index contributed by atoms with van der Waals surface area (Å²) in [5, 5.41) is 2.92. The molecule has 2 aromatic rings. The summed E-state index contributed by atoms with van der Waals surface area (Å²) >= 11 is 0. The van der Waals surface area contributed by atoms with Crippen LogP contribution >= 0.6 is 0 Å². The van der Waals surface area contributed by atoms with Gasteiger partial charge in [-0.25, -0.2) is 0 Å². The van der Waals surface area contributed by atoms with Crippen LogP contribution in [-0.2, 0) is 4.79 Å². The highest BCUT2D eigenvalue weighted by Gasteiger charge is 2.16. The molecular formula is C21H24N2O3. The molecule has 3 rings (SSSR count). The van der Waals surface area contributed by atoms with Gasteiger partial charge in [0.2, 0.25) is 5.91 Å². The van der Waals surface area contributed by atoms with Gasteiger partial charge in [0.05, 0.1) is 20.8 Å². The Labute approximate surface area is 154 Å². The van der Waals surface area contributed by atoms with E-state index in [9.17, 15) is 4.79 Å². The number of benzene rings is 2. The number of rotatable bonds is 6. The van der Waals surface area contributed by atoms with E-state index < -0.39 is 0 Å². The predicted molar refractivity (Wildman–Crippen MR) is 104 cm³/mol. The molecule has 0 saturated carbocycles. The molecule has 1 aliphatic rings. The zero-order valence-electron chi connectivity index (χ0n) is 15.2. The van der Waals surface area contributed by atoms with E-state index >= 15 is 0 Å². The minimum absolute atomic E-state index is 0.0335. The Balaban J connectivity index is 1.55. The smallest absolute Gasteiger partial charge is 0.238 e. The van der Waals surface area contributed by atoms with Gasteiger partial charge < -0.3 is 14.8 Å². The summed E-state index contributed by atoms with van der Waals surface area (Å²) < 4.78 is 10.5. The molecule has 136 valence electrons. The molecule has 0 atom stereocenters. The Morgan fingerprint density at radius 3 is 2.50 bits per heavy atom. The molecular weight excluding hydrogens is 328 g/mol. The molecule has 0 bridgehead atoms. The number of hydrogen-bond acceptors (Lipinski definition) is 4. The average molecular weight is 352 g/mol. The van der Waals surface area contributed by atoms with Crippen molar-refractivity contribution >= 4 is 17.2 Å². The van der Waals surface area contributed by atoms with Crippen molar-refractivity contribution in [1.82, 2.24) is 4.90 Å². The van der Waals surface area contributed by atoms with E-state index in [2.05, 4.69) is 40.6 Å². The molecule has 5 nitrogen and oxygen atoms in total. The molecule has 0 spiro atoms. The second kappa shape index (κ2) is 8.54. The Morgan fingerprint density at radius 2 is 1.85 bits per heavy atom. The fourth-order valence-corrected chi connectivity index (χ4v) is 3.09. The molecule has 0 aromatic heterocycles. The van der Waals surface area contributed by atoms with Crippen molar-refractivity contribution in [3.63, 3.8) is 0 Å². The lowest BCUT2D eigenvalue weighted by Crippen LogP contribution is -2.36. The number of carbonyl (C=O) groups is 1. The molecule has 26 heavy (non-hydrogen) atoms. The number of ether oxygens (including phenoxy) is 2. The monoisotopic (exact) mass is 352 g/mol. The van der Waals surface area contributed by atoms with E-state index in [1.807, 2.05) is 12.1 Å². The van der Waals surface area contributed by atoms with Crippen LogP contribution in [0.2, 0.25) is 0 Å². The van der Waals surface area contributed by atoms with Crippen LogP contribution in [0.3, 0.4) is 0 Å². The highest BCUT2D eigenvalue weighted by atomic mass is 16.5. The first kappa shape index (κ1) is 18.0. The lowest BCUT2D eigenvalue weighted by molar-refractivity contribution is -0.117. The normalized spacial score (nSPS) is 14.5. The predicted octanol–water partition coefficient (Wildman–Crippen LogP) is 3.43. The second-order valence-electron chi connectivity index (χ2n) is 6.20. The van der Waals surface area contributed by atoms with E-state index in [4.69, 9.17) is 9.47 Å². The van der Waals surface area contributed by atoms with Crippen LogP contribution in [0.5, 0.6) is 11.5 Å². The first-order valence-electron chi connectivity index (χ1n) is 8.68. The second-order valence-corrected chi connectivity index (χ2v) is 6.20. The van der Waals surface area contributed by atoms with Gasteiger partial charge >= 0.3 is 0 Å². The SMILES string of the molecule is COc1ccc(NC(=O)CN2CC=C(c3ccccc3)CC2)cc1OC.